The Kier molecular flexibility index (Phi) is 96.2. The van der Waals surface area contributed by atoms with Gasteiger partial charge in [0.2, 0.25) is 0 Å². The van der Waals surface area contributed by atoms with Crippen LogP contribution >= 0.6 is 287 Å². The van der Waals surface area contributed by atoms with Gasteiger partial charge in [0.25, 0.3) is 0 Å². The van der Waals surface area contributed by atoms with Crippen LogP contribution in [0.5, 0.6) is 0 Å². The van der Waals surface area contributed by atoms with Gasteiger partial charge >= 0.3 is 0 Å². The summed E-state index contributed by atoms with van der Waals surface area (Å²) in [6, 6.07) is 12.5. The van der Waals surface area contributed by atoms with E-state index in [1.165, 1.54) is 290 Å². The lowest BCUT2D eigenvalue weighted by atomic mass is 10.2. The maximum Gasteiger partial charge on any atom is 0.0537 e. The highest BCUT2D eigenvalue weighted by molar-refractivity contribution is 8.07. The van der Waals surface area contributed by atoms with Gasteiger partial charge in [-0.05, 0) is 120 Å². The van der Waals surface area contributed by atoms with Gasteiger partial charge in [0.05, 0.1) is 16.1 Å². The van der Waals surface area contributed by atoms with Crippen molar-refractivity contribution in [2.45, 2.75) is 125 Å². The van der Waals surface area contributed by atoms with Gasteiger partial charge in [-0.2, -0.15) is 287 Å². The number of rotatable bonds is 84. The summed E-state index contributed by atoms with van der Waals surface area (Å²) in [7, 11) is -2.80. The van der Waals surface area contributed by atoms with Gasteiger partial charge in [0, 0.05) is 186 Å². The quantitative estimate of drug-likeness (QED) is 0.0196. The second-order valence-corrected chi connectivity index (χ2v) is 56.9. The topological polar surface area (TPSA) is 9.23 Å². The monoisotopic (exact) mass is 1740 g/mol. The molecule has 0 fully saturated rings. The van der Waals surface area contributed by atoms with Crippen molar-refractivity contribution in [3.05, 3.63) is 0 Å². The van der Waals surface area contributed by atoms with Crippen LogP contribution in [0.4, 0.5) is 0 Å². The molecule has 0 aromatic carbocycles. The predicted molar refractivity (Wildman–Crippen MR) is 511 cm³/mol. The van der Waals surface area contributed by atoms with E-state index in [1.807, 2.05) is 0 Å². The highest BCUT2D eigenvalue weighted by Crippen LogP contribution is 2.36. The number of hydrogen-bond acceptors (Lipinski definition) is 25. The van der Waals surface area contributed by atoms with Crippen molar-refractivity contribution < 1.29 is 4.74 Å². The Morgan fingerprint density at radius 2 is 0.308 bits per heavy atom. The first-order chi connectivity index (χ1) is 45.1. The molecule has 0 heterocycles. The molecule has 0 radical (unpaired) electrons. The molecule has 0 amide bonds. The van der Waals surface area contributed by atoms with E-state index in [9.17, 15) is 0 Å². The zero-order valence-corrected chi connectivity index (χ0v) is 78.8. The van der Waals surface area contributed by atoms with Crippen LogP contribution in [-0.4, -0.2) is 271 Å². The molecule has 0 spiro atoms. The Labute approximate surface area is 679 Å². The second kappa shape index (κ2) is 87.7. The maximum atomic E-state index is 6.61. The molecular weight excluding hydrogens is 1610 g/mol. The van der Waals surface area contributed by atoms with Crippen LogP contribution in [0, 0.1) is 0 Å². The van der Waals surface area contributed by atoms with Gasteiger partial charge < -0.3 is 4.74 Å². The third-order valence-corrected chi connectivity index (χ3v) is 50.7. The molecule has 0 atom stereocenters. The van der Waals surface area contributed by atoms with E-state index in [2.05, 4.69) is 287 Å². The van der Waals surface area contributed by atoms with Gasteiger partial charge in [-0.15, -0.1) is 0 Å². The first kappa shape index (κ1) is 99.8. The fourth-order valence-electron chi connectivity index (χ4n) is 10.3. The zero-order chi connectivity index (χ0) is 65.7. The number of hydrogen-bond donors (Lipinski definition) is 6. The summed E-state index contributed by atoms with van der Waals surface area (Å²) in [5.74, 6) is 52.7. The minimum Gasteiger partial charge on any atom is -0.381 e. The molecule has 0 unspecified atom stereocenters. The maximum absolute atomic E-state index is 6.61. The van der Waals surface area contributed by atoms with E-state index < -0.39 is 16.1 Å². The summed E-state index contributed by atoms with van der Waals surface area (Å²) in [6.07, 6.45) is 16.9. The minimum absolute atomic E-state index is 0.975. The SMILES string of the molecule is SCCSCCSCCSCCC[Si](CCCCCCCOCCC[Si](CCCSCCSCCSCCS)(CCCSCCSCCSCCS)CCCSCCSCCSCCS)(CCCSCCSCCSCCS)CCCSCCSCCSCCS. The van der Waals surface area contributed by atoms with Crippen LogP contribution < -0.4 is 0 Å². The third kappa shape index (κ3) is 78.2. The molecule has 0 aliphatic rings. The molecule has 0 rings (SSSR count). The number of ether oxygens (including phenoxy) is 1. The van der Waals surface area contributed by atoms with Crippen LogP contribution in [0.25, 0.3) is 0 Å². The lowest BCUT2D eigenvalue weighted by molar-refractivity contribution is 0.130. The van der Waals surface area contributed by atoms with Gasteiger partial charge in [0.15, 0.2) is 0 Å². The van der Waals surface area contributed by atoms with Gasteiger partial charge in [0.1, 0.15) is 0 Å². The highest BCUT2D eigenvalue weighted by Gasteiger charge is 2.32. The average molecular weight is 1750 g/mol. The molecule has 0 aromatic heterocycles. The normalized spacial score (nSPS) is 12.2. The molecule has 1 nitrogen and oxygen atoms in total. The molecule has 0 N–H and O–H groups in total. The second-order valence-electron chi connectivity index (χ2n) is 22.2. The summed E-state index contributed by atoms with van der Waals surface area (Å²) < 4.78 is 6.61. The van der Waals surface area contributed by atoms with Crippen LogP contribution in [0.15, 0.2) is 0 Å². The summed E-state index contributed by atoms with van der Waals surface area (Å²) in [5.41, 5.74) is 0. The predicted octanol–water partition coefficient (Wildman–Crippen LogP) is 23.4. The van der Waals surface area contributed by atoms with E-state index in [-0.39, 0.29) is 0 Å². The van der Waals surface area contributed by atoms with Crippen LogP contribution in [0.1, 0.15) is 77.0 Å². The molecule has 0 saturated heterocycles. The Hall–Kier alpha value is 8.79. The summed E-state index contributed by atoms with van der Waals surface area (Å²) >= 11 is 65.3. The van der Waals surface area contributed by atoms with Crippen molar-refractivity contribution in [1.29, 1.82) is 0 Å². The number of thiol groups is 6. The van der Waals surface area contributed by atoms with Crippen LogP contribution in [0.3, 0.4) is 0 Å². The van der Waals surface area contributed by atoms with Crippen LogP contribution in [0.2, 0.25) is 48.4 Å². The molecule has 0 aliphatic heterocycles. The lowest BCUT2D eigenvalue weighted by Crippen LogP contribution is -2.35. The van der Waals surface area contributed by atoms with Gasteiger partial charge in [-0.3, -0.25) is 0 Å². The summed E-state index contributed by atoms with van der Waals surface area (Å²) in [6.45, 7) is 1.97. The summed E-state index contributed by atoms with van der Waals surface area (Å²) in [5, 5.41) is 0. The fraction of sp³-hybridized carbons (Fsp3) is 1.00. The Balaban J connectivity index is 5.66. The molecule has 548 valence electrons. The number of thioether (sulfide) groups is 18. The molecule has 0 aromatic rings. The molecule has 0 saturated carbocycles. The standard InChI is InChI=1S/C64H134OS24Si2/c66-15-27-78-39-51-84-45-33-72-21-7-59-90(60-8-22-73-34-46-85-52-40-79-28-16-67,61-9-23-74-35-47-86-53-41-80-29-17-68)57-5-3-1-2-4-13-65-14-6-58-91(62-10-24-75-36-48-87-54-42-81-30-18-69,63-11-25-76-37-49-88-55-43-82-31-19-70)64-12-26-77-38-50-89-56-44-83-32-20-71/h66-71H,1-64H2. The largest absolute Gasteiger partial charge is 0.381 e. The Bertz CT molecular complexity index is 1120. The fourth-order valence-corrected chi connectivity index (χ4v) is 42.5. The minimum atomic E-state index is -1.43. The zero-order valence-electron chi connectivity index (χ0n) is 56.7. The molecule has 27 heteroatoms. The molecular formula is C64H134OS24Si2. The molecule has 0 bridgehead atoms. The smallest absolute Gasteiger partial charge is 0.0537 e. The van der Waals surface area contributed by atoms with Crippen molar-refractivity contribution in [2.24, 2.45) is 0 Å². The Morgan fingerprint density at radius 3 is 0.527 bits per heavy atom. The van der Waals surface area contributed by atoms with Gasteiger partial charge in [-0.1, -0.05) is 74.0 Å². The van der Waals surface area contributed by atoms with Crippen molar-refractivity contribution >= 4 is 304 Å². The van der Waals surface area contributed by atoms with E-state index in [0.29, 0.717) is 0 Å². The van der Waals surface area contributed by atoms with Crippen molar-refractivity contribution in [3.8, 4) is 0 Å². The van der Waals surface area contributed by atoms with E-state index in [0.717, 1.165) is 47.7 Å². The van der Waals surface area contributed by atoms with E-state index >= 15 is 0 Å². The third-order valence-electron chi connectivity index (χ3n) is 14.8. The summed E-state index contributed by atoms with van der Waals surface area (Å²) in [4.78, 5) is 0. The lowest BCUT2D eigenvalue weighted by Gasteiger charge is -2.33. The van der Waals surface area contributed by atoms with E-state index in [1.54, 1.807) is 42.3 Å². The molecule has 91 heavy (non-hydrogen) atoms. The highest BCUT2D eigenvalue weighted by atomic mass is 32.2. The van der Waals surface area contributed by atoms with Crippen molar-refractivity contribution in [2.75, 3.05) is 255 Å². The van der Waals surface area contributed by atoms with Crippen molar-refractivity contribution in [1.82, 2.24) is 0 Å². The molecule has 0 aliphatic carbocycles. The van der Waals surface area contributed by atoms with Gasteiger partial charge in [-0.25, -0.2) is 0 Å². The van der Waals surface area contributed by atoms with Crippen molar-refractivity contribution in [3.63, 3.8) is 0 Å². The Morgan fingerprint density at radius 1 is 0.154 bits per heavy atom. The first-order valence-corrected chi connectivity index (χ1v) is 64.9. The first-order valence-electron chi connectivity index (χ1n) is 34.7. The van der Waals surface area contributed by atoms with E-state index in [4.69, 9.17) is 4.74 Å². The number of unbranched alkanes of at least 4 members (excludes halogenated alkanes) is 4. The average Bonchev–Trinajstić information content (AvgIpc) is 3.77. The van der Waals surface area contributed by atoms with Crippen LogP contribution in [-0.2, 0) is 4.74 Å².